The molecule has 1 saturated carbocycles. The number of ether oxygens (including phenoxy) is 1. The van der Waals surface area contributed by atoms with Crippen LogP contribution in [0.15, 0.2) is 48.8 Å². The largest absolute Gasteiger partial charge is 0.434 e. The monoisotopic (exact) mass is 736 g/mol. The summed E-state index contributed by atoms with van der Waals surface area (Å²) in [7, 11) is -3.45. The van der Waals surface area contributed by atoms with Crippen LogP contribution in [0.1, 0.15) is 107 Å². The Kier molecular flexibility index (Phi) is 8.40. The number of alkyl halides is 2. The number of imidazole rings is 1. The maximum Gasteiger partial charge on any atom is 0.387 e. The summed E-state index contributed by atoms with van der Waals surface area (Å²) in [6.07, 6.45) is 5.20. The van der Waals surface area contributed by atoms with E-state index in [1.54, 1.807) is 24.5 Å². The van der Waals surface area contributed by atoms with Crippen molar-refractivity contribution in [2.24, 2.45) is 0 Å². The van der Waals surface area contributed by atoms with E-state index in [9.17, 15) is 17.8 Å². The van der Waals surface area contributed by atoms with Gasteiger partial charge in [0.25, 0.3) is 5.91 Å². The molecule has 0 saturated heterocycles. The number of benzene rings is 2. The van der Waals surface area contributed by atoms with Gasteiger partial charge in [-0.3, -0.25) is 4.79 Å². The quantitative estimate of drug-likeness (QED) is 0.178. The van der Waals surface area contributed by atoms with Gasteiger partial charge >= 0.3 is 6.61 Å². The fourth-order valence-electron chi connectivity index (χ4n) is 7.59. The van der Waals surface area contributed by atoms with Gasteiger partial charge < -0.3 is 19.0 Å². The Morgan fingerprint density at radius 2 is 1.75 bits per heavy atom. The van der Waals surface area contributed by atoms with Gasteiger partial charge in [0.15, 0.2) is 8.32 Å². The number of nitrogens with zero attached hydrogens (tertiary/aromatic N) is 4. The highest BCUT2D eigenvalue weighted by atomic mass is 32.2. The maximum absolute atomic E-state index is 13.5. The number of aromatic nitrogens is 4. The molecular weight excluding hydrogens is 691 g/mol. The van der Waals surface area contributed by atoms with Crippen LogP contribution in [-0.2, 0) is 21.0 Å². The zero-order chi connectivity index (χ0) is 36.9. The van der Waals surface area contributed by atoms with Crippen molar-refractivity contribution < 1.29 is 26.9 Å². The summed E-state index contributed by atoms with van der Waals surface area (Å²) in [6.45, 7) is 16.1. The van der Waals surface area contributed by atoms with E-state index in [1.807, 2.05) is 43.5 Å². The van der Waals surface area contributed by atoms with Gasteiger partial charge in [0.05, 0.1) is 50.0 Å². The van der Waals surface area contributed by atoms with Gasteiger partial charge in [0.2, 0.25) is 0 Å². The van der Waals surface area contributed by atoms with Crippen LogP contribution in [0, 0.1) is 0 Å². The van der Waals surface area contributed by atoms with E-state index in [4.69, 9.17) is 24.1 Å². The second-order valence-electron chi connectivity index (χ2n) is 16.9. The number of nitrogens with one attached hydrogen (secondary N) is 2. The highest BCUT2D eigenvalue weighted by Crippen LogP contribution is 2.53. The van der Waals surface area contributed by atoms with E-state index in [1.165, 1.54) is 6.07 Å². The maximum atomic E-state index is 13.5. The molecule has 0 spiro atoms. The zero-order valence-corrected chi connectivity index (χ0v) is 32.4. The Morgan fingerprint density at radius 1 is 1.06 bits per heavy atom. The highest BCUT2D eigenvalue weighted by Gasteiger charge is 2.59. The lowest BCUT2D eigenvalue weighted by atomic mass is 9.66. The third-order valence-corrected chi connectivity index (χ3v) is 17.2. The normalized spacial score (nSPS) is 25.2. The minimum atomic E-state index is -3.03. The summed E-state index contributed by atoms with van der Waals surface area (Å²) >= 11 is 0. The third kappa shape index (κ3) is 6.21. The number of rotatable bonds is 8. The van der Waals surface area contributed by atoms with Crippen molar-refractivity contribution in [2.45, 2.75) is 120 Å². The molecule has 0 unspecified atom stereocenters. The Bertz CT molecular complexity index is 2050. The summed E-state index contributed by atoms with van der Waals surface area (Å²) in [5.41, 5.74) is 2.72. The van der Waals surface area contributed by atoms with Gasteiger partial charge in [-0.05, 0) is 82.1 Å². The number of amides is 1. The molecule has 10 nitrogen and oxygen atoms in total. The van der Waals surface area contributed by atoms with E-state index >= 15 is 0 Å². The van der Waals surface area contributed by atoms with E-state index in [2.05, 4.69) is 50.8 Å². The Hall–Kier alpha value is -3.59. The fourth-order valence-corrected chi connectivity index (χ4v) is 10.2. The summed E-state index contributed by atoms with van der Waals surface area (Å²) in [5.74, 6) is 0.869. The first-order valence-electron chi connectivity index (χ1n) is 17.3. The summed E-state index contributed by atoms with van der Waals surface area (Å²) in [5, 5.41) is 3.07. The molecule has 2 aliphatic heterocycles. The van der Waals surface area contributed by atoms with Crippen molar-refractivity contribution in [3.63, 3.8) is 0 Å². The zero-order valence-electron chi connectivity index (χ0n) is 30.6. The summed E-state index contributed by atoms with van der Waals surface area (Å²) in [6, 6.07) is 9.68. The van der Waals surface area contributed by atoms with Gasteiger partial charge in [0, 0.05) is 41.9 Å². The first-order valence-corrected chi connectivity index (χ1v) is 21.4. The first-order chi connectivity index (χ1) is 23.7. The van der Waals surface area contributed by atoms with Crippen LogP contribution < -0.4 is 14.8 Å². The Labute approximate surface area is 300 Å². The van der Waals surface area contributed by atoms with Crippen molar-refractivity contribution in [3.8, 4) is 16.9 Å². The molecule has 3 aliphatic rings. The number of carbonyl (C=O) groups is 1. The van der Waals surface area contributed by atoms with Crippen molar-refractivity contribution in [1.82, 2.24) is 29.6 Å². The van der Waals surface area contributed by atoms with Gasteiger partial charge in [-0.15, -0.1) is 0 Å². The second-order valence-corrected chi connectivity index (χ2v) is 23.6. The van der Waals surface area contributed by atoms with Crippen molar-refractivity contribution in [1.29, 1.82) is 0 Å². The molecule has 4 heterocycles. The predicted octanol–water partition coefficient (Wildman–Crippen LogP) is 7.69. The van der Waals surface area contributed by atoms with Crippen LogP contribution in [0.3, 0.4) is 0 Å². The third-order valence-electron chi connectivity index (χ3n) is 10.9. The van der Waals surface area contributed by atoms with Crippen molar-refractivity contribution >= 4 is 36.2 Å². The predicted molar refractivity (Wildman–Crippen MR) is 195 cm³/mol. The summed E-state index contributed by atoms with van der Waals surface area (Å²) in [4.78, 5) is 27.7. The van der Waals surface area contributed by atoms with Gasteiger partial charge in [-0.2, -0.15) is 8.78 Å². The average molecular weight is 737 g/mol. The number of fused-ring (bicyclic) bond motifs is 9. The Morgan fingerprint density at radius 3 is 2.37 bits per heavy atom. The molecule has 1 aliphatic carbocycles. The molecule has 2 N–H and O–H groups in total. The number of hydrogen-bond donors (Lipinski definition) is 2. The lowest BCUT2D eigenvalue weighted by molar-refractivity contribution is -0.0720. The molecular formula is C37H46F2N6O4SSi. The molecule has 7 rings (SSSR count). The first kappa shape index (κ1) is 35.8. The molecule has 0 radical (unpaired) electrons. The molecule has 4 aromatic rings. The summed E-state index contributed by atoms with van der Waals surface area (Å²) < 4.78 is 57.2. The number of hydrogen-bond acceptors (Lipinski definition) is 7. The molecule has 14 heteroatoms. The van der Waals surface area contributed by atoms with E-state index in [0.717, 1.165) is 16.6 Å². The van der Waals surface area contributed by atoms with Crippen LogP contribution in [0.5, 0.6) is 5.75 Å². The highest BCUT2D eigenvalue weighted by molar-refractivity contribution is 7.84. The molecule has 3 atom stereocenters. The molecule has 272 valence electrons. The molecule has 1 amide bonds. The van der Waals surface area contributed by atoms with Crippen molar-refractivity contribution in [3.05, 3.63) is 71.6 Å². The molecule has 1 fully saturated rings. The fraction of sp³-hybridized carbons (Fsp3) is 0.514. The van der Waals surface area contributed by atoms with Crippen LogP contribution in [0.25, 0.3) is 22.2 Å². The van der Waals surface area contributed by atoms with E-state index < -0.39 is 47.8 Å². The molecule has 2 aromatic heterocycles. The smallest absolute Gasteiger partial charge is 0.387 e. The SMILES string of the molecule is CC1(O[Si](C)(C)C(C)(C)C)CC(N[S@](=O)C(C)(C)C)(c2ncc(-c3ccc4nc5n(c4c3)[C@@H]3C[C@H]5NC(=O)c4cccc(OC(F)F)c43)cn2)C1. The lowest BCUT2D eigenvalue weighted by Crippen LogP contribution is -2.66. The van der Waals surface area contributed by atoms with E-state index in [0.29, 0.717) is 47.6 Å². The average Bonchev–Trinajstić information content (AvgIpc) is 3.50. The van der Waals surface area contributed by atoms with Crippen LogP contribution in [0.2, 0.25) is 18.1 Å². The van der Waals surface area contributed by atoms with Crippen molar-refractivity contribution in [2.75, 3.05) is 0 Å². The van der Waals surface area contributed by atoms with Crippen LogP contribution >= 0.6 is 0 Å². The molecule has 2 bridgehead atoms. The van der Waals surface area contributed by atoms with Gasteiger partial charge in [-0.25, -0.2) is 23.9 Å². The van der Waals surface area contributed by atoms with Crippen LogP contribution in [-0.4, -0.2) is 54.9 Å². The minimum absolute atomic E-state index is 0.0186. The topological polar surface area (TPSA) is 120 Å². The molecule has 2 aromatic carbocycles. The number of halogens is 2. The van der Waals surface area contributed by atoms with E-state index in [-0.39, 0.29) is 22.7 Å². The Balaban J connectivity index is 1.23. The lowest BCUT2D eigenvalue weighted by Gasteiger charge is -2.57. The number of carbonyl (C=O) groups excluding carboxylic acids is 1. The second kappa shape index (κ2) is 12.0. The standard InChI is InChI=1S/C37H46F2N6O4SSi/c1-34(2,3)50(47)44-37(19-36(7,20-37)49-51(8,9)35(4,5)6)32-40-17-22(18-41-32)21-13-14-24-26(15-21)45-27-16-25(30(45)42-24)43-31(46)23-11-10-12-28(29(23)27)48-33(38)39/h10-15,17-18,25,27,33,44H,16,19-20H2,1-9H3,(H,43,46)/t25-,27-,36?,37?,50-/m1/s1. The molecule has 51 heavy (non-hydrogen) atoms. The van der Waals surface area contributed by atoms with Crippen LogP contribution in [0.4, 0.5) is 8.78 Å². The van der Waals surface area contributed by atoms with Gasteiger partial charge in [-0.1, -0.05) is 32.9 Å². The minimum Gasteiger partial charge on any atom is -0.434 e. The van der Waals surface area contributed by atoms with Gasteiger partial charge in [0.1, 0.15) is 17.4 Å².